The number of phenolic OH excluding ortho intramolecular Hbond substituents is 1. The number of rotatable bonds is 3. The summed E-state index contributed by atoms with van der Waals surface area (Å²) in [4.78, 5) is 12.0. The molecule has 0 unspecified atom stereocenters. The third-order valence-corrected chi connectivity index (χ3v) is 3.62. The molecule has 2 aromatic rings. The minimum Gasteiger partial charge on any atom is -0.507 e. The maximum atomic E-state index is 12.0. The van der Waals surface area contributed by atoms with E-state index in [-0.39, 0.29) is 18.4 Å². The molecule has 1 heterocycles. The Labute approximate surface area is 134 Å². The van der Waals surface area contributed by atoms with E-state index in [1.807, 2.05) is 0 Å². The van der Waals surface area contributed by atoms with Crippen molar-refractivity contribution in [3.63, 3.8) is 0 Å². The molecule has 22 heavy (non-hydrogen) atoms. The standard InChI is InChI=1S/C15H11BrN2O4/c16-11-5-9(1-3-12(11)19)7-17-18-15(20)10-2-4-13-14(6-10)22-8-21-13/h1-7,19H,8H2,(H,18,20)/b17-7-. The molecule has 3 rings (SSSR count). The summed E-state index contributed by atoms with van der Waals surface area (Å²) < 4.78 is 11.0. The number of carbonyl (C=O) groups excluding carboxylic acids is 1. The maximum absolute atomic E-state index is 12.0. The summed E-state index contributed by atoms with van der Waals surface area (Å²) in [5.74, 6) is 0.946. The minimum absolute atomic E-state index is 0.140. The summed E-state index contributed by atoms with van der Waals surface area (Å²) >= 11 is 3.21. The fraction of sp³-hybridized carbons (Fsp3) is 0.0667. The van der Waals surface area contributed by atoms with Crippen LogP contribution in [0.5, 0.6) is 17.2 Å². The zero-order valence-electron chi connectivity index (χ0n) is 11.2. The molecular formula is C15H11BrN2O4. The van der Waals surface area contributed by atoms with E-state index >= 15 is 0 Å². The minimum atomic E-state index is -0.354. The Kier molecular flexibility index (Phi) is 3.97. The van der Waals surface area contributed by atoms with Crippen molar-refractivity contribution in [1.82, 2.24) is 5.43 Å². The zero-order chi connectivity index (χ0) is 15.5. The van der Waals surface area contributed by atoms with E-state index in [0.717, 1.165) is 5.56 Å². The molecule has 1 aliphatic heterocycles. The van der Waals surface area contributed by atoms with Gasteiger partial charge in [-0.25, -0.2) is 5.43 Å². The van der Waals surface area contributed by atoms with Gasteiger partial charge in [-0.1, -0.05) is 0 Å². The molecule has 0 aromatic heterocycles. The van der Waals surface area contributed by atoms with Crippen LogP contribution in [0.25, 0.3) is 0 Å². The van der Waals surface area contributed by atoms with Crippen molar-refractivity contribution in [2.75, 3.05) is 6.79 Å². The molecule has 0 fully saturated rings. The van der Waals surface area contributed by atoms with Crippen molar-refractivity contribution in [3.05, 3.63) is 52.0 Å². The number of benzene rings is 2. The smallest absolute Gasteiger partial charge is 0.271 e. The van der Waals surface area contributed by atoms with Crippen LogP contribution in [0.15, 0.2) is 46.0 Å². The van der Waals surface area contributed by atoms with Crippen molar-refractivity contribution < 1.29 is 19.4 Å². The van der Waals surface area contributed by atoms with Gasteiger partial charge in [-0.2, -0.15) is 5.10 Å². The van der Waals surface area contributed by atoms with Crippen molar-refractivity contribution in [1.29, 1.82) is 0 Å². The van der Waals surface area contributed by atoms with Gasteiger partial charge in [0.15, 0.2) is 11.5 Å². The van der Waals surface area contributed by atoms with Crippen LogP contribution in [0, 0.1) is 0 Å². The Morgan fingerprint density at radius 1 is 1.23 bits per heavy atom. The van der Waals surface area contributed by atoms with E-state index in [9.17, 15) is 9.90 Å². The van der Waals surface area contributed by atoms with Gasteiger partial charge in [-0.05, 0) is 57.9 Å². The number of fused-ring (bicyclic) bond motifs is 1. The molecule has 2 N–H and O–H groups in total. The summed E-state index contributed by atoms with van der Waals surface area (Å²) in [6.45, 7) is 0.161. The number of carbonyl (C=O) groups is 1. The van der Waals surface area contributed by atoms with E-state index in [1.165, 1.54) is 12.3 Å². The number of phenols is 1. The molecular weight excluding hydrogens is 352 g/mol. The van der Waals surface area contributed by atoms with Gasteiger partial charge in [0.1, 0.15) is 5.75 Å². The second kappa shape index (κ2) is 6.07. The fourth-order valence-electron chi connectivity index (χ4n) is 1.87. The van der Waals surface area contributed by atoms with Crippen molar-refractivity contribution in [2.24, 2.45) is 5.10 Å². The van der Waals surface area contributed by atoms with Crippen molar-refractivity contribution >= 4 is 28.1 Å². The molecule has 7 heteroatoms. The van der Waals surface area contributed by atoms with Crippen LogP contribution in [-0.2, 0) is 0 Å². The highest BCUT2D eigenvalue weighted by molar-refractivity contribution is 9.10. The van der Waals surface area contributed by atoms with Gasteiger partial charge < -0.3 is 14.6 Å². The van der Waals surface area contributed by atoms with Gasteiger partial charge in [0.05, 0.1) is 10.7 Å². The van der Waals surface area contributed by atoms with Crippen LogP contribution in [0.4, 0.5) is 0 Å². The molecule has 2 aromatic carbocycles. The summed E-state index contributed by atoms with van der Waals surface area (Å²) in [5.41, 5.74) is 3.59. The Morgan fingerprint density at radius 3 is 2.86 bits per heavy atom. The molecule has 6 nitrogen and oxygen atoms in total. The first-order valence-electron chi connectivity index (χ1n) is 6.35. The number of nitrogens with zero attached hydrogens (tertiary/aromatic N) is 1. The number of nitrogens with one attached hydrogen (secondary N) is 1. The predicted molar refractivity (Wildman–Crippen MR) is 83.4 cm³/mol. The average Bonchev–Trinajstić information content (AvgIpc) is 2.98. The summed E-state index contributed by atoms with van der Waals surface area (Å²) in [6.07, 6.45) is 1.48. The number of hydrazone groups is 1. The van der Waals surface area contributed by atoms with Crippen LogP contribution >= 0.6 is 15.9 Å². The second-order valence-corrected chi connectivity index (χ2v) is 5.33. The molecule has 0 saturated carbocycles. The van der Waals surface area contributed by atoms with Crippen molar-refractivity contribution in [3.8, 4) is 17.2 Å². The number of amides is 1. The van der Waals surface area contributed by atoms with Gasteiger partial charge in [0.2, 0.25) is 6.79 Å². The maximum Gasteiger partial charge on any atom is 0.271 e. The number of hydrogen-bond donors (Lipinski definition) is 2. The quantitative estimate of drug-likeness (QED) is 0.649. The highest BCUT2D eigenvalue weighted by Gasteiger charge is 2.15. The summed E-state index contributed by atoms with van der Waals surface area (Å²) in [5, 5.41) is 13.3. The highest BCUT2D eigenvalue weighted by Crippen LogP contribution is 2.32. The number of hydrogen-bond acceptors (Lipinski definition) is 5. The largest absolute Gasteiger partial charge is 0.507 e. The Hall–Kier alpha value is -2.54. The van der Waals surface area contributed by atoms with E-state index < -0.39 is 0 Å². The molecule has 0 aliphatic carbocycles. The van der Waals surface area contributed by atoms with Gasteiger partial charge >= 0.3 is 0 Å². The molecule has 0 saturated heterocycles. The third kappa shape index (κ3) is 3.04. The van der Waals surface area contributed by atoms with Crippen LogP contribution in [0.3, 0.4) is 0 Å². The Bertz CT molecular complexity index is 761. The van der Waals surface area contributed by atoms with E-state index in [4.69, 9.17) is 9.47 Å². The molecule has 0 bridgehead atoms. The summed E-state index contributed by atoms with van der Waals surface area (Å²) in [7, 11) is 0. The second-order valence-electron chi connectivity index (χ2n) is 4.48. The van der Waals surface area contributed by atoms with Gasteiger partial charge in [0, 0.05) is 5.56 Å². The monoisotopic (exact) mass is 362 g/mol. The van der Waals surface area contributed by atoms with Crippen LogP contribution in [-0.4, -0.2) is 24.0 Å². The predicted octanol–water partition coefficient (Wildman–Crippen LogP) is 2.65. The third-order valence-electron chi connectivity index (χ3n) is 2.99. The van der Waals surface area contributed by atoms with Gasteiger partial charge in [-0.15, -0.1) is 0 Å². The van der Waals surface area contributed by atoms with E-state index in [2.05, 4.69) is 26.5 Å². The first-order valence-corrected chi connectivity index (χ1v) is 7.14. The number of ether oxygens (including phenoxy) is 2. The number of aromatic hydroxyl groups is 1. The highest BCUT2D eigenvalue weighted by atomic mass is 79.9. The Morgan fingerprint density at radius 2 is 2.05 bits per heavy atom. The molecule has 1 aliphatic rings. The lowest BCUT2D eigenvalue weighted by atomic mass is 10.2. The first-order chi connectivity index (χ1) is 10.6. The Balaban J connectivity index is 1.66. The fourth-order valence-corrected chi connectivity index (χ4v) is 2.27. The molecule has 1 amide bonds. The number of halogens is 1. The topological polar surface area (TPSA) is 80.2 Å². The lowest BCUT2D eigenvalue weighted by Gasteiger charge is -2.02. The van der Waals surface area contributed by atoms with Crippen molar-refractivity contribution in [2.45, 2.75) is 0 Å². The van der Waals surface area contributed by atoms with Gasteiger partial charge in [0.25, 0.3) is 5.91 Å². The normalized spacial score (nSPS) is 12.6. The summed E-state index contributed by atoms with van der Waals surface area (Å²) in [6, 6.07) is 9.81. The molecule has 112 valence electrons. The average molecular weight is 363 g/mol. The zero-order valence-corrected chi connectivity index (χ0v) is 12.8. The molecule has 0 spiro atoms. The lowest BCUT2D eigenvalue weighted by molar-refractivity contribution is 0.0954. The SMILES string of the molecule is O=C(N/N=C\c1ccc(O)c(Br)c1)c1ccc2c(c1)OCO2. The lowest BCUT2D eigenvalue weighted by Crippen LogP contribution is -2.17. The van der Waals surface area contributed by atoms with Gasteiger partial charge in [-0.3, -0.25) is 4.79 Å². The molecule has 0 radical (unpaired) electrons. The van der Waals surface area contributed by atoms with Crippen LogP contribution in [0.1, 0.15) is 15.9 Å². The van der Waals surface area contributed by atoms with E-state index in [1.54, 1.807) is 30.3 Å². The van der Waals surface area contributed by atoms with Crippen LogP contribution < -0.4 is 14.9 Å². The van der Waals surface area contributed by atoms with E-state index in [0.29, 0.717) is 21.5 Å². The van der Waals surface area contributed by atoms with Crippen LogP contribution in [0.2, 0.25) is 0 Å². The molecule has 0 atom stereocenters. The first kappa shape index (κ1) is 14.4.